The number of hydrogen-bond donors (Lipinski definition) is 1. The second kappa shape index (κ2) is 7.09. The summed E-state index contributed by atoms with van der Waals surface area (Å²) in [5, 5.41) is 11.0. The second-order valence-corrected chi connectivity index (χ2v) is 5.82. The number of hydrogen-bond acceptors (Lipinski definition) is 3. The molecule has 112 valence electrons. The Labute approximate surface area is 121 Å². The predicted octanol–water partition coefficient (Wildman–Crippen LogP) is 3.50. The van der Waals surface area contributed by atoms with Crippen molar-refractivity contribution in [1.82, 2.24) is 0 Å². The van der Waals surface area contributed by atoms with Gasteiger partial charge in [0.25, 0.3) is 0 Å². The Morgan fingerprint density at radius 1 is 1.15 bits per heavy atom. The van der Waals surface area contributed by atoms with E-state index in [-0.39, 0.29) is 0 Å². The monoisotopic (exact) mass is 278 g/mol. The van der Waals surface area contributed by atoms with Crippen LogP contribution in [0.15, 0.2) is 24.3 Å². The van der Waals surface area contributed by atoms with E-state index in [1.54, 1.807) is 7.11 Å². The lowest BCUT2D eigenvalue weighted by Crippen LogP contribution is -2.33. The van der Waals surface area contributed by atoms with E-state index in [1.807, 2.05) is 31.2 Å². The van der Waals surface area contributed by atoms with E-state index in [9.17, 15) is 5.11 Å². The Bertz CT molecular complexity index is 408. The summed E-state index contributed by atoms with van der Waals surface area (Å²) in [6.07, 6.45) is 5.92. The first kappa shape index (κ1) is 15.3. The van der Waals surface area contributed by atoms with Gasteiger partial charge < -0.3 is 14.6 Å². The Kier molecular flexibility index (Phi) is 5.44. The summed E-state index contributed by atoms with van der Waals surface area (Å²) < 4.78 is 10.8. The molecule has 1 unspecified atom stereocenters. The maximum atomic E-state index is 11.0. The van der Waals surface area contributed by atoms with Crippen molar-refractivity contribution in [1.29, 1.82) is 0 Å². The van der Waals surface area contributed by atoms with E-state index < -0.39 is 5.60 Å². The van der Waals surface area contributed by atoms with Crippen LogP contribution in [0.2, 0.25) is 0 Å². The normalized spacial score (nSPS) is 19.6. The zero-order valence-corrected chi connectivity index (χ0v) is 12.6. The summed E-state index contributed by atoms with van der Waals surface area (Å²) in [5.74, 6) is 1.10. The van der Waals surface area contributed by atoms with Crippen LogP contribution in [0.3, 0.4) is 0 Å². The number of aliphatic hydroxyl groups is 1. The highest BCUT2D eigenvalue weighted by Crippen LogP contribution is 2.42. The zero-order valence-electron chi connectivity index (χ0n) is 12.6. The Balaban J connectivity index is 2.16. The summed E-state index contributed by atoms with van der Waals surface area (Å²) in [6.45, 7) is 3.00. The van der Waals surface area contributed by atoms with Gasteiger partial charge in [0.2, 0.25) is 0 Å². The molecule has 0 amide bonds. The molecule has 1 fully saturated rings. The van der Waals surface area contributed by atoms with Crippen LogP contribution in [-0.2, 0) is 10.3 Å². The molecule has 0 spiro atoms. The first-order chi connectivity index (χ1) is 9.66. The minimum atomic E-state index is -0.815. The van der Waals surface area contributed by atoms with E-state index in [4.69, 9.17) is 9.47 Å². The van der Waals surface area contributed by atoms with Gasteiger partial charge in [0, 0.05) is 12.7 Å². The van der Waals surface area contributed by atoms with Crippen molar-refractivity contribution in [2.75, 3.05) is 20.3 Å². The highest BCUT2D eigenvalue weighted by atomic mass is 16.5. The third-order valence-corrected chi connectivity index (χ3v) is 4.38. The van der Waals surface area contributed by atoms with Gasteiger partial charge in [0.1, 0.15) is 12.4 Å². The highest BCUT2D eigenvalue weighted by molar-refractivity contribution is 5.38. The molecule has 0 aromatic heterocycles. The summed E-state index contributed by atoms with van der Waals surface area (Å²) in [5.41, 5.74) is 0.0902. The SMILES string of the molecule is COCCOc1ccccc1C(C)(O)C1CCCCC1. The zero-order chi connectivity index (χ0) is 14.4. The minimum Gasteiger partial charge on any atom is -0.491 e. The Morgan fingerprint density at radius 3 is 2.55 bits per heavy atom. The second-order valence-electron chi connectivity index (χ2n) is 5.82. The van der Waals surface area contributed by atoms with Crippen LogP contribution in [0.25, 0.3) is 0 Å². The average molecular weight is 278 g/mol. The van der Waals surface area contributed by atoms with E-state index in [0.29, 0.717) is 19.1 Å². The molecule has 0 aliphatic heterocycles. The maximum absolute atomic E-state index is 11.0. The molecule has 3 nitrogen and oxygen atoms in total. The fraction of sp³-hybridized carbons (Fsp3) is 0.647. The van der Waals surface area contributed by atoms with E-state index >= 15 is 0 Å². The molecule has 1 aromatic rings. The molecule has 0 bridgehead atoms. The number of rotatable bonds is 6. The minimum absolute atomic E-state index is 0.323. The standard InChI is InChI=1S/C17H26O3/c1-17(18,14-8-4-3-5-9-14)15-10-6-7-11-16(15)20-13-12-19-2/h6-7,10-11,14,18H,3-5,8-9,12-13H2,1-2H3. The number of para-hydroxylation sites is 1. The molecule has 1 N–H and O–H groups in total. The molecule has 1 aliphatic rings. The Hall–Kier alpha value is -1.06. The van der Waals surface area contributed by atoms with Gasteiger partial charge in [-0.15, -0.1) is 0 Å². The summed E-state index contributed by atoms with van der Waals surface area (Å²) in [6, 6.07) is 7.83. The van der Waals surface area contributed by atoms with E-state index in [1.165, 1.54) is 19.3 Å². The lowest BCUT2D eigenvalue weighted by atomic mass is 9.74. The molecule has 20 heavy (non-hydrogen) atoms. The highest BCUT2D eigenvalue weighted by Gasteiger charge is 2.36. The first-order valence-corrected chi connectivity index (χ1v) is 7.60. The molecule has 2 rings (SSSR count). The third-order valence-electron chi connectivity index (χ3n) is 4.38. The van der Waals surface area contributed by atoms with Gasteiger partial charge in [-0.1, -0.05) is 37.5 Å². The van der Waals surface area contributed by atoms with Crippen LogP contribution in [0.5, 0.6) is 5.75 Å². The van der Waals surface area contributed by atoms with Crippen LogP contribution in [-0.4, -0.2) is 25.4 Å². The van der Waals surface area contributed by atoms with Crippen LogP contribution in [0.4, 0.5) is 0 Å². The molecular weight excluding hydrogens is 252 g/mol. The fourth-order valence-electron chi connectivity index (χ4n) is 3.13. The predicted molar refractivity (Wildman–Crippen MR) is 80.0 cm³/mol. The van der Waals surface area contributed by atoms with Gasteiger partial charge in [0.05, 0.1) is 12.2 Å². The van der Waals surface area contributed by atoms with Crippen molar-refractivity contribution in [3.05, 3.63) is 29.8 Å². The first-order valence-electron chi connectivity index (χ1n) is 7.60. The lowest BCUT2D eigenvalue weighted by Gasteiger charge is -2.36. The Morgan fingerprint density at radius 2 is 1.85 bits per heavy atom. The average Bonchev–Trinajstić information content (AvgIpc) is 2.49. The van der Waals surface area contributed by atoms with Crippen molar-refractivity contribution in [2.45, 2.75) is 44.6 Å². The van der Waals surface area contributed by atoms with Crippen molar-refractivity contribution < 1.29 is 14.6 Å². The summed E-state index contributed by atoms with van der Waals surface area (Å²) >= 11 is 0. The van der Waals surface area contributed by atoms with Gasteiger partial charge in [-0.2, -0.15) is 0 Å². The molecular formula is C17H26O3. The van der Waals surface area contributed by atoms with Crippen molar-refractivity contribution in [2.24, 2.45) is 5.92 Å². The number of methoxy groups -OCH3 is 1. The molecule has 1 aromatic carbocycles. The smallest absolute Gasteiger partial charge is 0.125 e. The molecule has 0 saturated heterocycles. The van der Waals surface area contributed by atoms with Crippen molar-refractivity contribution in [3.63, 3.8) is 0 Å². The molecule has 0 radical (unpaired) electrons. The van der Waals surface area contributed by atoms with Gasteiger partial charge in [0.15, 0.2) is 0 Å². The molecule has 3 heteroatoms. The molecule has 1 atom stereocenters. The van der Waals surface area contributed by atoms with E-state index in [0.717, 1.165) is 24.2 Å². The largest absolute Gasteiger partial charge is 0.491 e. The van der Waals surface area contributed by atoms with Crippen molar-refractivity contribution in [3.8, 4) is 5.75 Å². The van der Waals surface area contributed by atoms with Crippen LogP contribution in [0.1, 0.15) is 44.6 Å². The van der Waals surface area contributed by atoms with Gasteiger partial charge >= 0.3 is 0 Å². The topological polar surface area (TPSA) is 38.7 Å². The molecule has 1 aliphatic carbocycles. The van der Waals surface area contributed by atoms with E-state index in [2.05, 4.69) is 0 Å². The van der Waals surface area contributed by atoms with Gasteiger partial charge in [-0.25, -0.2) is 0 Å². The molecule has 1 saturated carbocycles. The number of benzene rings is 1. The quantitative estimate of drug-likeness (QED) is 0.809. The van der Waals surface area contributed by atoms with Gasteiger partial charge in [-0.3, -0.25) is 0 Å². The van der Waals surface area contributed by atoms with Crippen molar-refractivity contribution >= 4 is 0 Å². The summed E-state index contributed by atoms with van der Waals surface area (Å²) in [4.78, 5) is 0. The lowest BCUT2D eigenvalue weighted by molar-refractivity contribution is -0.0238. The number of ether oxygens (including phenoxy) is 2. The third kappa shape index (κ3) is 3.53. The summed E-state index contributed by atoms with van der Waals surface area (Å²) in [7, 11) is 1.66. The van der Waals surface area contributed by atoms with Crippen LogP contribution >= 0.6 is 0 Å². The fourth-order valence-corrected chi connectivity index (χ4v) is 3.13. The van der Waals surface area contributed by atoms with Gasteiger partial charge in [-0.05, 0) is 31.7 Å². The van der Waals surface area contributed by atoms with Crippen LogP contribution in [0, 0.1) is 5.92 Å². The maximum Gasteiger partial charge on any atom is 0.125 e. The van der Waals surface area contributed by atoms with Crippen LogP contribution < -0.4 is 4.74 Å². The molecule has 0 heterocycles.